The zero-order valence-corrected chi connectivity index (χ0v) is 27.0. The summed E-state index contributed by atoms with van der Waals surface area (Å²) in [6.07, 6.45) is 0. The molecule has 0 aliphatic rings. The normalized spacial score (nSPS) is 9.88. The summed E-state index contributed by atoms with van der Waals surface area (Å²) < 4.78 is 10.7. The van der Waals surface area contributed by atoms with Crippen molar-refractivity contribution < 1.29 is 75.8 Å². The van der Waals surface area contributed by atoms with Crippen LogP contribution >= 0.6 is 0 Å². The molecule has 2 N–H and O–H groups in total. The van der Waals surface area contributed by atoms with Crippen molar-refractivity contribution in [1.29, 1.82) is 0 Å². The summed E-state index contributed by atoms with van der Waals surface area (Å²) >= 11 is 0. The van der Waals surface area contributed by atoms with Gasteiger partial charge < -0.3 is 19.6 Å². The van der Waals surface area contributed by atoms with E-state index in [0.29, 0.717) is 5.69 Å². The molecule has 2 heterocycles. The zero-order chi connectivity index (χ0) is 28.8. The second kappa shape index (κ2) is 15.4. The molecule has 4 aromatic carbocycles. The second-order valence-corrected chi connectivity index (χ2v) is 9.20. The molecule has 6 rings (SSSR count). The van der Waals surface area contributed by atoms with Crippen LogP contribution in [0, 0.1) is 20.4 Å². The Morgan fingerprint density at radius 1 is 0.651 bits per heavy atom. The Kier molecular flexibility index (Phi) is 11.9. The van der Waals surface area contributed by atoms with E-state index in [9.17, 15) is 4.79 Å². The van der Waals surface area contributed by atoms with Crippen LogP contribution in [0.3, 0.4) is 0 Å². The van der Waals surface area contributed by atoms with Gasteiger partial charge in [0.15, 0.2) is 5.69 Å². The Bertz CT molecular complexity index is 1820. The molecule has 0 unspecified atom stereocenters. The molecule has 0 radical (unpaired) electrons. The summed E-state index contributed by atoms with van der Waals surface area (Å²) in [5.41, 5.74) is 8.21. The molecule has 8 nitrogen and oxygen atoms in total. The van der Waals surface area contributed by atoms with E-state index in [0.717, 1.165) is 56.3 Å². The van der Waals surface area contributed by atoms with Crippen molar-refractivity contribution in [3.63, 3.8) is 0 Å². The number of hydrogen-bond acceptors (Lipinski definition) is 6. The van der Waals surface area contributed by atoms with Crippen LogP contribution in [0.15, 0.2) is 118 Å². The molecule has 0 saturated heterocycles. The molecule has 6 aromatic rings. The third kappa shape index (κ3) is 7.63. The maximum absolute atomic E-state index is 10.9. The molecule has 0 saturated carbocycles. The minimum Gasteiger partial charge on any atom is -0.870 e. The number of aromatic nitrogens is 2. The number of carboxylic acids is 1. The Morgan fingerprint density at radius 2 is 1.05 bits per heavy atom. The van der Waals surface area contributed by atoms with E-state index in [1.165, 1.54) is 0 Å². The van der Waals surface area contributed by atoms with Gasteiger partial charge in [0.25, 0.3) is 0 Å². The minimum atomic E-state index is -0.943. The molecular weight excluding hydrogens is 569 g/mol. The van der Waals surface area contributed by atoms with Crippen LogP contribution in [0.2, 0.25) is 0 Å². The summed E-state index contributed by atoms with van der Waals surface area (Å²) in [5, 5.41) is 17.2. The quantitative estimate of drug-likeness (QED) is 0.200. The standard InChI is InChI=1S/C17H12N2O.C17H13NO3.K.H2O/c1-12-16(13-6-4-3-5-7-13)17(19-20-12)14-8-10-15(18-2)11-9-14;1-11-15(12-5-3-2-4-6-12)16(18-21-11)13-7-9-14(10-8-13)17(19)20;;/h3-11H,1H3;2-10H,1H3,(H,19,20);;1H2/q;;+1;/p-1. The average Bonchev–Trinajstić information content (AvgIpc) is 3.60. The Morgan fingerprint density at radius 3 is 1.42 bits per heavy atom. The molecule has 0 aliphatic carbocycles. The first-order valence-electron chi connectivity index (χ1n) is 12.8. The van der Waals surface area contributed by atoms with Gasteiger partial charge in [-0.2, -0.15) is 0 Å². The Labute approximate surface area is 291 Å². The molecule has 208 valence electrons. The smallest absolute Gasteiger partial charge is 0.870 e. The Balaban J connectivity index is 0.000000225. The number of nitrogens with zero attached hydrogens (tertiary/aromatic N) is 3. The van der Waals surface area contributed by atoms with E-state index in [-0.39, 0.29) is 62.4 Å². The molecule has 0 atom stereocenters. The van der Waals surface area contributed by atoms with Crippen LogP contribution in [0.5, 0.6) is 0 Å². The van der Waals surface area contributed by atoms with Gasteiger partial charge in [-0.15, -0.1) is 0 Å². The summed E-state index contributed by atoms with van der Waals surface area (Å²) in [5.74, 6) is 0.583. The van der Waals surface area contributed by atoms with Crippen LogP contribution in [0.25, 0.3) is 49.6 Å². The summed E-state index contributed by atoms with van der Waals surface area (Å²) in [6.45, 7) is 10.8. The van der Waals surface area contributed by atoms with Gasteiger partial charge in [0.2, 0.25) is 0 Å². The van der Waals surface area contributed by atoms with Crippen LogP contribution in [-0.4, -0.2) is 26.9 Å². The van der Waals surface area contributed by atoms with E-state index in [1.54, 1.807) is 36.4 Å². The van der Waals surface area contributed by atoms with Crippen LogP contribution < -0.4 is 51.4 Å². The van der Waals surface area contributed by atoms with Crippen molar-refractivity contribution in [2.75, 3.05) is 0 Å². The predicted octanol–water partition coefficient (Wildman–Crippen LogP) is 5.71. The first-order chi connectivity index (χ1) is 20.0. The van der Waals surface area contributed by atoms with Gasteiger partial charge in [0.05, 0.1) is 23.3 Å². The van der Waals surface area contributed by atoms with E-state index in [1.807, 2.05) is 86.6 Å². The largest absolute Gasteiger partial charge is 1.00 e. The number of hydrogen-bond donors (Lipinski definition) is 1. The van der Waals surface area contributed by atoms with Gasteiger partial charge in [0.1, 0.15) is 22.9 Å². The molecule has 43 heavy (non-hydrogen) atoms. The van der Waals surface area contributed by atoms with E-state index >= 15 is 0 Å². The van der Waals surface area contributed by atoms with Crippen molar-refractivity contribution in [3.8, 4) is 44.8 Å². The van der Waals surface area contributed by atoms with Crippen molar-refractivity contribution in [1.82, 2.24) is 10.3 Å². The van der Waals surface area contributed by atoms with Crippen LogP contribution in [-0.2, 0) is 0 Å². The molecule has 0 amide bonds. The maximum Gasteiger partial charge on any atom is 1.00 e. The monoisotopic (exact) mass is 595 g/mol. The third-order valence-corrected chi connectivity index (χ3v) is 6.53. The SMILES string of the molecule is Cc1onc(-c2ccc(C(=O)O)cc2)c1-c1ccccc1.[C-]#[N+]c1ccc(-c2noc(C)c2-c2ccccc2)cc1.[K+].[OH-]. The van der Waals surface area contributed by atoms with Gasteiger partial charge in [-0.05, 0) is 37.1 Å². The van der Waals surface area contributed by atoms with Gasteiger partial charge in [-0.1, -0.05) is 107 Å². The second-order valence-electron chi connectivity index (χ2n) is 9.20. The van der Waals surface area contributed by atoms with Crippen molar-refractivity contribution in [2.24, 2.45) is 0 Å². The number of carboxylic acid groups (broad SMARTS) is 1. The molecule has 0 aliphatic heterocycles. The number of carbonyl (C=O) groups is 1. The third-order valence-electron chi connectivity index (χ3n) is 6.53. The molecule has 0 fully saturated rings. The van der Waals surface area contributed by atoms with Crippen LogP contribution in [0.4, 0.5) is 5.69 Å². The minimum absolute atomic E-state index is 0. The Hall–Kier alpha value is -4.14. The first-order valence-corrected chi connectivity index (χ1v) is 12.8. The fourth-order valence-corrected chi connectivity index (χ4v) is 4.49. The topological polar surface area (TPSA) is 124 Å². The molecule has 0 spiro atoms. The predicted molar refractivity (Wildman–Crippen MR) is 159 cm³/mol. The zero-order valence-electron chi connectivity index (χ0n) is 23.9. The summed E-state index contributed by atoms with van der Waals surface area (Å²) in [7, 11) is 0. The fourth-order valence-electron chi connectivity index (χ4n) is 4.49. The van der Waals surface area contributed by atoms with Crippen LogP contribution in [0.1, 0.15) is 21.9 Å². The fraction of sp³-hybridized carbons (Fsp3) is 0.0588. The number of benzene rings is 4. The first kappa shape index (κ1) is 33.4. The van der Waals surface area contributed by atoms with Gasteiger partial charge in [-0.3, -0.25) is 0 Å². The molecule has 2 aromatic heterocycles. The molecular formula is C34H26KN3O5. The molecule has 9 heteroatoms. The maximum atomic E-state index is 10.9. The van der Waals surface area contributed by atoms with E-state index in [2.05, 4.69) is 15.2 Å². The van der Waals surface area contributed by atoms with Crippen molar-refractivity contribution in [3.05, 3.63) is 138 Å². The number of aromatic carboxylic acids is 1. The summed E-state index contributed by atoms with van der Waals surface area (Å²) in [4.78, 5) is 14.3. The van der Waals surface area contributed by atoms with Gasteiger partial charge >= 0.3 is 57.4 Å². The van der Waals surface area contributed by atoms with Crippen molar-refractivity contribution in [2.45, 2.75) is 13.8 Å². The van der Waals surface area contributed by atoms with E-state index in [4.69, 9.17) is 20.7 Å². The number of aryl methyl sites for hydroxylation is 2. The summed E-state index contributed by atoms with van der Waals surface area (Å²) in [6, 6.07) is 33.9. The molecule has 0 bridgehead atoms. The van der Waals surface area contributed by atoms with Crippen molar-refractivity contribution >= 4 is 11.7 Å². The van der Waals surface area contributed by atoms with Gasteiger partial charge in [0, 0.05) is 11.1 Å². The number of rotatable bonds is 5. The van der Waals surface area contributed by atoms with Gasteiger partial charge in [-0.25, -0.2) is 9.64 Å². The van der Waals surface area contributed by atoms with E-state index < -0.39 is 5.97 Å². The average molecular weight is 596 g/mol.